The second kappa shape index (κ2) is 20.4. The van der Waals surface area contributed by atoms with Crippen molar-refractivity contribution in [1.29, 1.82) is 10.5 Å². The molecule has 1 aromatic heterocycles. The first-order chi connectivity index (χ1) is 29.5. The lowest BCUT2D eigenvalue weighted by atomic mass is 9.93. The van der Waals surface area contributed by atoms with E-state index in [1.165, 1.54) is 25.1 Å². The van der Waals surface area contributed by atoms with E-state index >= 15 is 0 Å². The summed E-state index contributed by atoms with van der Waals surface area (Å²) in [6.45, 7) is 13.2. The molecule has 1 aliphatic carbocycles. The molecule has 5 rings (SSSR count). The van der Waals surface area contributed by atoms with Crippen molar-refractivity contribution in [2.75, 3.05) is 41.8 Å². The molecule has 0 bridgehead atoms. The normalized spacial score (nSPS) is 12.3. The fourth-order valence-corrected chi connectivity index (χ4v) is 7.02. The van der Waals surface area contributed by atoms with Crippen molar-refractivity contribution in [1.82, 2.24) is 14.9 Å². The number of nitrogens with zero attached hydrogens (tertiary/aromatic N) is 6. The molecule has 0 fully saturated rings. The lowest BCUT2D eigenvalue weighted by Crippen LogP contribution is -2.43. The number of carbonyl (C=O) groups is 4. The Balaban J connectivity index is 1.59. The molecule has 4 aromatic rings. The number of hydrogen-bond donors (Lipinski definition) is 3. The minimum absolute atomic E-state index is 0.0452. The molecule has 0 unspecified atom stereocenters. The minimum atomic E-state index is -1.07. The first-order valence-corrected chi connectivity index (χ1v) is 20.6. The highest BCUT2D eigenvalue weighted by atomic mass is 16.5. The Labute approximate surface area is 361 Å². The molecule has 15 nitrogen and oxygen atoms in total. The Hall–Kier alpha value is -7.13. The van der Waals surface area contributed by atoms with Gasteiger partial charge in [0.15, 0.2) is 11.5 Å². The zero-order chi connectivity index (χ0) is 45.1. The lowest BCUT2D eigenvalue weighted by molar-refractivity contribution is -0.114. The molecule has 0 spiro atoms. The van der Waals surface area contributed by atoms with Crippen LogP contribution in [0.15, 0.2) is 64.4 Å². The number of carbonyl (C=O) groups excluding carboxylic acids is 4. The van der Waals surface area contributed by atoms with Gasteiger partial charge in [-0.2, -0.15) is 10.5 Å². The van der Waals surface area contributed by atoms with Gasteiger partial charge in [0, 0.05) is 42.2 Å². The van der Waals surface area contributed by atoms with Gasteiger partial charge in [-0.3, -0.25) is 24.0 Å². The number of aromatic nitrogens is 2. The molecule has 3 aromatic carbocycles. The molecule has 322 valence electrons. The highest BCUT2D eigenvalue weighted by Crippen LogP contribution is 2.29. The highest BCUT2D eigenvalue weighted by Gasteiger charge is 2.33. The second-order valence-electron chi connectivity index (χ2n) is 16.3. The van der Waals surface area contributed by atoms with E-state index in [-0.39, 0.29) is 54.5 Å². The van der Waals surface area contributed by atoms with E-state index in [0.717, 1.165) is 34.2 Å². The Morgan fingerprint density at radius 3 is 2.24 bits per heavy atom. The summed E-state index contributed by atoms with van der Waals surface area (Å²) in [4.78, 5) is 80.7. The van der Waals surface area contributed by atoms with Gasteiger partial charge in [-0.1, -0.05) is 38.5 Å². The van der Waals surface area contributed by atoms with Gasteiger partial charge < -0.3 is 25.6 Å². The average molecular weight is 840 g/mol. The third kappa shape index (κ3) is 11.4. The molecule has 15 heteroatoms. The van der Waals surface area contributed by atoms with Crippen LogP contribution in [0, 0.1) is 48.8 Å². The number of nitriles is 2. The van der Waals surface area contributed by atoms with Crippen molar-refractivity contribution in [3.63, 3.8) is 0 Å². The molecule has 62 heavy (non-hydrogen) atoms. The lowest BCUT2D eigenvalue weighted by Gasteiger charge is -2.24. The van der Waals surface area contributed by atoms with Crippen LogP contribution >= 0.6 is 0 Å². The van der Waals surface area contributed by atoms with E-state index in [0.29, 0.717) is 54.2 Å². The number of hydrogen-bond acceptors (Lipinski definition) is 11. The number of aryl methyl sites for hydroxylation is 4. The summed E-state index contributed by atoms with van der Waals surface area (Å²) in [6, 6.07) is 19.7. The van der Waals surface area contributed by atoms with E-state index in [9.17, 15) is 34.5 Å². The van der Waals surface area contributed by atoms with Gasteiger partial charge in [0.05, 0.1) is 54.3 Å². The van der Waals surface area contributed by atoms with Gasteiger partial charge in [0.2, 0.25) is 11.8 Å². The maximum Gasteiger partial charge on any atom is 0.278 e. The van der Waals surface area contributed by atoms with Gasteiger partial charge in [-0.25, -0.2) is 14.5 Å². The van der Waals surface area contributed by atoms with Gasteiger partial charge in [0.25, 0.3) is 17.4 Å². The molecule has 0 saturated heterocycles. The Bertz CT molecular complexity index is 2540. The van der Waals surface area contributed by atoms with Crippen LogP contribution in [0.25, 0.3) is 0 Å². The zero-order valence-electron chi connectivity index (χ0n) is 36.4. The molecule has 0 radical (unpaired) electrons. The van der Waals surface area contributed by atoms with Crippen LogP contribution in [0.2, 0.25) is 0 Å². The van der Waals surface area contributed by atoms with Crippen LogP contribution in [0.5, 0.6) is 5.75 Å². The molecule has 1 heterocycles. The van der Waals surface area contributed by atoms with Crippen LogP contribution in [0.4, 0.5) is 22.7 Å². The van der Waals surface area contributed by atoms with Crippen LogP contribution in [-0.4, -0.2) is 65.1 Å². The summed E-state index contributed by atoms with van der Waals surface area (Å²) in [5.41, 5.74) is 3.02. The summed E-state index contributed by atoms with van der Waals surface area (Å²) in [5.74, 6) is -1.92. The largest absolute Gasteiger partial charge is 0.491 e. The molecule has 3 amide bonds. The van der Waals surface area contributed by atoms with Crippen molar-refractivity contribution < 1.29 is 23.9 Å². The summed E-state index contributed by atoms with van der Waals surface area (Å²) in [5, 5.41) is 26.8. The molecular weight excluding hydrogens is 787 g/mol. The van der Waals surface area contributed by atoms with Gasteiger partial charge in [-0.05, 0) is 100 Å². The monoisotopic (exact) mass is 839 g/mol. The third-order valence-electron chi connectivity index (χ3n) is 10.2. The van der Waals surface area contributed by atoms with E-state index in [2.05, 4.69) is 28.1 Å². The van der Waals surface area contributed by atoms with Crippen LogP contribution < -0.4 is 31.1 Å². The number of anilines is 3. The van der Waals surface area contributed by atoms with Crippen molar-refractivity contribution in [2.24, 2.45) is 10.4 Å². The fraction of sp³-hybridized carbons (Fsp3) is 0.383. The molecule has 3 N–H and O–H groups in total. The highest BCUT2D eigenvalue weighted by molar-refractivity contribution is 6.49. The van der Waals surface area contributed by atoms with E-state index < -0.39 is 34.6 Å². The third-order valence-corrected chi connectivity index (χ3v) is 10.2. The first-order valence-electron chi connectivity index (χ1n) is 20.6. The van der Waals surface area contributed by atoms with Gasteiger partial charge >= 0.3 is 0 Å². The second-order valence-corrected chi connectivity index (χ2v) is 16.3. The predicted octanol–water partition coefficient (Wildman–Crippen LogP) is 6.89. The Morgan fingerprint density at radius 2 is 1.60 bits per heavy atom. The number of fused-ring (bicyclic) bond motifs is 1. The predicted molar refractivity (Wildman–Crippen MR) is 238 cm³/mol. The Morgan fingerprint density at radius 1 is 0.887 bits per heavy atom. The number of amides is 3. The summed E-state index contributed by atoms with van der Waals surface area (Å²) in [6.07, 6.45) is 2.88. The first kappa shape index (κ1) is 45.9. The van der Waals surface area contributed by atoms with Crippen LogP contribution in [-0.2, 0) is 22.4 Å². The summed E-state index contributed by atoms with van der Waals surface area (Å²) >= 11 is 0. The smallest absolute Gasteiger partial charge is 0.278 e. The van der Waals surface area contributed by atoms with Gasteiger partial charge in [-0.15, -0.1) is 0 Å². The number of ether oxygens (including phenoxy) is 1. The molecular formula is C47H53N9O6. The van der Waals surface area contributed by atoms with Crippen LogP contribution in [0.3, 0.4) is 0 Å². The Kier molecular flexibility index (Phi) is 15.1. The molecule has 0 atom stereocenters. The van der Waals surface area contributed by atoms with Crippen molar-refractivity contribution in [3.05, 3.63) is 104 Å². The number of rotatable bonds is 15. The number of nitrogens with one attached hydrogen (secondary N) is 3. The topological polar surface area (TPSA) is 212 Å². The fourth-order valence-electron chi connectivity index (χ4n) is 7.02. The average Bonchev–Trinajstić information content (AvgIpc) is 3.22. The molecule has 1 aliphatic rings. The van der Waals surface area contributed by atoms with Crippen molar-refractivity contribution in [3.8, 4) is 17.9 Å². The van der Waals surface area contributed by atoms with Crippen LogP contribution in [0.1, 0.15) is 102 Å². The summed E-state index contributed by atoms with van der Waals surface area (Å²) in [7, 11) is 0. The van der Waals surface area contributed by atoms with Crippen molar-refractivity contribution in [2.45, 2.75) is 87.0 Å². The number of benzene rings is 3. The maximum absolute atomic E-state index is 14.8. The standard InChI is InChI=1S/C47H53N9O6/c1-29-14-19-40(31(3)26-29)62-25-22-50-43(58)33-15-17-38(51-32(4)57)39(28-33)54-44(59)41(52-36-18-16-34(27-30(36)2)55(23-10-20-48)24-11-21-49)42-53-37-13-9-8-12-35(37)45(60)56(42)46(61)47(5,6)7/h14-19,26-28H,8-13,22-25H2,1-7H3,(H,50,58)(H,51,57)(H,54,59)/b52-41+. The SMILES string of the molecule is CC(=O)Nc1ccc(C(=O)NCCOc2ccc(C)cc2C)cc1NC(=O)/C(=N/c1ccc(N(CCC#N)CCC#N)cc1C)c1nc2c(c(=O)n1C(=O)C(C)(C)C)CCCC2. The molecule has 0 aliphatic heterocycles. The van der Waals surface area contributed by atoms with E-state index in [1.54, 1.807) is 39.8 Å². The summed E-state index contributed by atoms with van der Waals surface area (Å²) < 4.78 is 6.81. The molecule has 0 saturated carbocycles. The minimum Gasteiger partial charge on any atom is -0.491 e. The zero-order valence-corrected chi connectivity index (χ0v) is 36.4. The quantitative estimate of drug-likeness (QED) is 0.0833. The van der Waals surface area contributed by atoms with Gasteiger partial charge in [0.1, 0.15) is 12.4 Å². The maximum atomic E-state index is 14.8. The van der Waals surface area contributed by atoms with E-state index in [4.69, 9.17) is 14.7 Å². The van der Waals surface area contributed by atoms with Crippen molar-refractivity contribution >= 4 is 52.1 Å². The number of aliphatic imine (C=N–C) groups is 1. The van der Waals surface area contributed by atoms with E-state index in [1.807, 2.05) is 43.0 Å².